The number of aryl methyl sites for hydroxylation is 2. The zero-order valence-corrected chi connectivity index (χ0v) is 17.3. The van der Waals surface area contributed by atoms with Crippen molar-refractivity contribution in [2.45, 2.75) is 26.4 Å². The lowest BCUT2D eigenvalue weighted by atomic mass is 9.89. The summed E-state index contributed by atoms with van der Waals surface area (Å²) >= 11 is 6.17. The van der Waals surface area contributed by atoms with Crippen molar-refractivity contribution in [3.8, 4) is 0 Å². The van der Waals surface area contributed by atoms with Gasteiger partial charge in [0.1, 0.15) is 17.2 Å². The predicted molar refractivity (Wildman–Crippen MR) is 111 cm³/mol. The van der Waals surface area contributed by atoms with Crippen molar-refractivity contribution in [1.82, 2.24) is 4.57 Å². The Bertz CT molecular complexity index is 1150. The van der Waals surface area contributed by atoms with Crippen LogP contribution < -0.4 is 5.56 Å². The average Bonchev–Trinajstić information content (AvgIpc) is 2.64. The van der Waals surface area contributed by atoms with Crippen LogP contribution in [-0.2, 0) is 28.7 Å². The van der Waals surface area contributed by atoms with Gasteiger partial charge in [0.15, 0.2) is 0 Å². The van der Waals surface area contributed by atoms with Gasteiger partial charge in [-0.1, -0.05) is 41.4 Å². The number of pyridine rings is 1. The summed E-state index contributed by atoms with van der Waals surface area (Å²) in [6.07, 6.45) is 5.22. The number of benzene rings is 1. The van der Waals surface area contributed by atoms with Gasteiger partial charge in [0.2, 0.25) is 10.3 Å². The zero-order chi connectivity index (χ0) is 20.4. The van der Waals surface area contributed by atoms with Gasteiger partial charge in [0.25, 0.3) is 5.56 Å². The Kier molecular flexibility index (Phi) is 5.91. The molecule has 1 heterocycles. The first kappa shape index (κ1) is 20.2. The molecule has 7 heteroatoms. The third-order valence-corrected chi connectivity index (χ3v) is 5.76. The van der Waals surface area contributed by atoms with Gasteiger partial charge in [-0.15, -0.1) is 0 Å². The molecule has 0 saturated carbocycles. The topological polar surface area (TPSA) is 65.4 Å². The second-order valence-corrected chi connectivity index (χ2v) is 8.06. The summed E-state index contributed by atoms with van der Waals surface area (Å²) in [5, 5.41) is 0.557. The minimum atomic E-state index is -2.50. The van der Waals surface area contributed by atoms with Gasteiger partial charge in [0, 0.05) is 35.3 Å². The van der Waals surface area contributed by atoms with Crippen molar-refractivity contribution in [3.05, 3.63) is 92.1 Å². The molecular weight excluding hydrogens is 398 g/mol. The molecule has 2 aromatic rings. The van der Waals surface area contributed by atoms with E-state index in [-0.39, 0.29) is 22.8 Å². The van der Waals surface area contributed by atoms with Gasteiger partial charge in [-0.25, -0.2) is 0 Å². The quantitative estimate of drug-likeness (QED) is 0.713. The number of hydrogen-bond donors (Lipinski definition) is 0. The number of hydrogen-bond acceptors (Lipinski definition) is 4. The SMILES string of the molecule is CC1=CC(c2cc(C)c(=O)n(C)c2)C(=S(=O)=O)C(OCc2ccccc2Cl)=C1. The molecule has 0 bridgehead atoms. The van der Waals surface area contributed by atoms with Gasteiger partial charge in [0.05, 0.1) is 0 Å². The van der Waals surface area contributed by atoms with Crippen molar-refractivity contribution < 1.29 is 13.2 Å². The summed E-state index contributed by atoms with van der Waals surface area (Å²) in [6, 6.07) is 8.97. The van der Waals surface area contributed by atoms with Gasteiger partial charge in [-0.2, -0.15) is 8.42 Å². The minimum absolute atomic E-state index is 0.115. The predicted octanol–water partition coefficient (Wildman–Crippen LogP) is 3.54. The first-order chi connectivity index (χ1) is 13.3. The van der Waals surface area contributed by atoms with Crippen LogP contribution in [0.2, 0.25) is 5.02 Å². The van der Waals surface area contributed by atoms with Crippen LogP contribution in [0.3, 0.4) is 0 Å². The van der Waals surface area contributed by atoms with Crippen molar-refractivity contribution >= 4 is 26.8 Å². The van der Waals surface area contributed by atoms with E-state index in [0.717, 1.165) is 11.1 Å². The lowest BCUT2D eigenvalue weighted by Crippen LogP contribution is -2.24. The van der Waals surface area contributed by atoms with Crippen LogP contribution in [-0.4, -0.2) is 17.8 Å². The van der Waals surface area contributed by atoms with Gasteiger partial charge in [-0.3, -0.25) is 4.79 Å². The average molecular weight is 418 g/mol. The van der Waals surface area contributed by atoms with E-state index in [1.807, 2.05) is 31.2 Å². The molecule has 1 unspecified atom stereocenters. The molecule has 0 N–H and O–H groups in total. The van der Waals surface area contributed by atoms with E-state index in [4.69, 9.17) is 16.3 Å². The first-order valence-corrected chi connectivity index (χ1v) is 10.1. The second-order valence-electron chi connectivity index (χ2n) is 6.75. The standard InChI is InChI=1S/C21H20ClNO4S/c1-13-8-17(16-10-14(2)21(24)23(3)11-16)20(28(25)26)19(9-13)27-12-15-6-4-5-7-18(15)22/h4-11,17H,12H2,1-3H3. The molecule has 5 nitrogen and oxygen atoms in total. The lowest BCUT2D eigenvalue weighted by molar-refractivity contribution is 0.217. The van der Waals surface area contributed by atoms with E-state index in [2.05, 4.69) is 0 Å². The maximum atomic E-state index is 12.1. The van der Waals surface area contributed by atoms with Gasteiger partial charge >= 0.3 is 0 Å². The summed E-state index contributed by atoms with van der Waals surface area (Å²) in [4.78, 5) is 12.1. The van der Waals surface area contributed by atoms with Crippen LogP contribution in [0.4, 0.5) is 0 Å². The summed E-state index contributed by atoms with van der Waals surface area (Å²) in [5.41, 5.74) is 2.79. The molecule has 1 aliphatic rings. The Balaban J connectivity index is 2.01. The summed E-state index contributed by atoms with van der Waals surface area (Å²) < 4.78 is 31.5. The summed E-state index contributed by atoms with van der Waals surface area (Å²) in [7, 11) is -0.851. The van der Waals surface area contributed by atoms with Crippen molar-refractivity contribution in [2.24, 2.45) is 7.05 Å². The second kappa shape index (κ2) is 8.20. The normalized spacial score (nSPS) is 16.4. The number of ether oxygens (including phenoxy) is 1. The molecule has 146 valence electrons. The van der Waals surface area contributed by atoms with Crippen LogP contribution >= 0.6 is 11.6 Å². The minimum Gasteiger partial charge on any atom is -0.487 e. The third-order valence-electron chi connectivity index (χ3n) is 4.58. The molecule has 28 heavy (non-hydrogen) atoms. The smallest absolute Gasteiger partial charge is 0.253 e. The zero-order valence-electron chi connectivity index (χ0n) is 15.8. The van der Waals surface area contributed by atoms with E-state index in [0.29, 0.717) is 16.1 Å². The van der Waals surface area contributed by atoms with Crippen molar-refractivity contribution in [1.29, 1.82) is 0 Å². The monoisotopic (exact) mass is 417 g/mol. The van der Waals surface area contributed by atoms with Crippen molar-refractivity contribution in [3.63, 3.8) is 0 Å². The molecule has 0 aliphatic heterocycles. The highest BCUT2D eigenvalue weighted by molar-refractivity contribution is 7.73. The lowest BCUT2D eigenvalue weighted by Gasteiger charge is -2.23. The molecule has 1 atom stereocenters. The fourth-order valence-electron chi connectivity index (χ4n) is 3.21. The fourth-order valence-corrected chi connectivity index (χ4v) is 4.10. The highest BCUT2D eigenvalue weighted by atomic mass is 35.5. The van der Waals surface area contributed by atoms with Crippen molar-refractivity contribution in [2.75, 3.05) is 0 Å². The largest absolute Gasteiger partial charge is 0.487 e. The molecule has 0 radical (unpaired) electrons. The van der Waals surface area contributed by atoms with Crippen LogP contribution in [0.15, 0.2) is 64.8 Å². The molecule has 3 rings (SSSR count). The van der Waals surface area contributed by atoms with E-state index in [9.17, 15) is 13.2 Å². The number of nitrogens with zero attached hydrogens (tertiary/aromatic N) is 1. The first-order valence-electron chi connectivity index (χ1n) is 8.68. The molecule has 0 saturated heterocycles. The third kappa shape index (κ3) is 4.13. The molecule has 0 amide bonds. The van der Waals surface area contributed by atoms with E-state index in [1.54, 1.807) is 38.4 Å². The summed E-state index contributed by atoms with van der Waals surface area (Å²) in [5.74, 6) is -0.250. The number of rotatable bonds is 4. The maximum Gasteiger partial charge on any atom is 0.253 e. The highest BCUT2D eigenvalue weighted by Gasteiger charge is 2.27. The molecular formula is C21H20ClNO4S. The Morgan fingerprint density at radius 3 is 2.57 bits per heavy atom. The Hall–Kier alpha value is -2.57. The van der Waals surface area contributed by atoms with Crippen LogP contribution in [0, 0.1) is 6.92 Å². The van der Waals surface area contributed by atoms with Crippen LogP contribution in [0.1, 0.15) is 29.5 Å². The van der Waals surface area contributed by atoms with E-state index >= 15 is 0 Å². The fraction of sp³-hybridized carbons (Fsp3) is 0.238. The molecule has 0 fully saturated rings. The number of allylic oxidation sites excluding steroid dienone is 4. The summed E-state index contributed by atoms with van der Waals surface area (Å²) in [6.45, 7) is 3.74. The highest BCUT2D eigenvalue weighted by Crippen LogP contribution is 2.30. The van der Waals surface area contributed by atoms with Gasteiger partial charge in [-0.05, 0) is 37.6 Å². The van der Waals surface area contributed by atoms with Crippen LogP contribution in [0.5, 0.6) is 0 Å². The maximum absolute atomic E-state index is 12.1. The Morgan fingerprint density at radius 1 is 1.21 bits per heavy atom. The van der Waals surface area contributed by atoms with E-state index < -0.39 is 16.2 Å². The molecule has 1 aliphatic carbocycles. The molecule has 1 aromatic heterocycles. The van der Waals surface area contributed by atoms with E-state index in [1.165, 1.54) is 4.57 Å². The van der Waals surface area contributed by atoms with Crippen LogP contribution in [0.25, 0.3) is 0 Å². The number of halogens is 1. The number of aromatic nitrogens is 1. The Morgan fingerprint density at radius 2 is 1.93 bits per heavy atom. The molecule has 0 spiro atoms. The Labute approximate surface area is 170 Å². The molecule has 1 aromatic carbocycles. The van der Waals surface area contributed by atoms with Gasteiger partial charge < -0.3 is 9.30 Å².